The molecule has 130 valence electrons. The number of sulfonamides is 1. The van der Waals surface area contributed by atoms with E-state index in [1.807, 2.05) is 6.92 Å². The average molecular weight is 344 g/mol. The molecule has 0 aromatic heterocycles. The Bertz CT molecular complexity index is 665. The second kappa shape index (κ2) is 7.29. The first-order chi connectivity index (χ1) is 10.5. The van der Waals surface area contributed by atoms with Gasteiger partial charge in [-0.3, -0.25) is 0 Å². The molecular formula is C15H24N2O5S. The summed E-state index contributed by atoms with van der Waals surface area (Å²) in [7, 11) is -2.34. The number of benzene rings is 1. The molecule has 0 aliphatic carbocycles. The van der Waals surface area contributed by atoms with Crippen molar-refractivity contribution in [1.82, 2.24) is 4.72 Å². The van der Waals surface area contributed by atoms with Crippen molar-refractivity contribution in [3.63, 3.8) is 0 Å². The van der Waals surface area contributed by atoms with Gasteiger partial charge in [-0.15, -0.1) is 0 Å². The van der Waals surface area contributed by atoms with Crippen LogP contribution in [0.25, 0.3) is 0 Å². The van der Waals surface area contributed by atoms with Gasteiger partial charge in [0.1, 0.15) is 4.90 Å². The number of hydrogen-bond donors (Lipinski definition) is 3. The zero-order valence-corrected chi connectivity index (χ0v) is 14.8. The van der Waals surface area contributed by atoms with E-state index in [2.05, 4.69) is 10.0 Å². The normalized spacial score (nSPS) is 13.6. The van der Waals surface area contributed by atoms with Gasteiger partial charge in [-0.2, -0.15) is 0 Å². The van der Waals surface area contributed by atoms with Gasteiger partial charge < -0.3 is 15.2 Å². The molecule has 0 bridgehead atoms. The molecule has 0 saturated carbocycles. The van der Waals surface area contributed by atoms with Crippen LogP contribution in [-0.4, -0.2) is 44.8 Å². The Kier molecular flexibility index (Phi) is 6.15. The summed E-state index contributed by atoms with van der Waals surface area (Å²) in [6.07, 6.45) is 0. The smallest absolute Gasteiger partial charge is 0.335 e. The van der Waals surface area contributed by atoms with E-state index in [9.17, 15) is 13.2 Å². The van der Waals surface area contributed by atoms with E-state index in [-0.39, 0.29) is 16.5 Å². The highest BCUT2D eigenvalue weighted by Crippen LogP contribution is 2.25. The molecule has 0 aliphatic rings. The van der Waals surface area contributed by atoms with Crippen molar-refractivity contribution in [2.45, 2.75) is 44.2 Å². The van der Waals surface area contributed by atoms with Crippen molar-refractivity contribution in [2.24, 2.45) is 0 Å². The van der Waals surface area contributed by atoms with Crippen LogP contribution in [0.3, 0.4) is 0 Å². The third-order valence-corrected chi connectivity index (χ3v) is 4.58. The van der Waals surface area contributed by atoms with E-state index in [1.54, 1.807) is 27.9 Å². The quantitative estimate of drug-likeness (QED) is 0.698. The second-order valence-electron chi connectivity index (χ2n) is 6.37. The Balaban J connectivity index is 3.34. The molecule has 0 heterocycles. The van der Waals surface area contributed by atoms with Crippen LogP contribution < -0.4 is 10.0 Å². The third-order valence-electron chi connectivity index (χ3n) is 2.78. The fraction of sp³-hybridized carbons (Fsp3) is 0.533. The standard InChI is InChI=1S/C15H24N2O5S/c1-10(9-22-5)16-12-7-6-11(14(18)19)8-13(12)23(20,21)17-15(2,3)4/h6-8,10,16-17H,9H2,1-5H3,(H,18,19)/t10-/m0/s1. The molecule has 1 rings (SSSR count). The van der Waals surface area contributed by atoms with E-state index in [1.165, 1.54) is 12.1 Å². The van der Waals surface area contributed by atoms with Crippen molar-refractivity contribution >= 4 is 21.7 Å². The van der Waals surface area contributed by atoms with Crippen molar-refractivity contribution < 1.29 is 23.1 Å². The van der Waals surface area contributed by atoms with Crippen LogP contribution in [0.15, 0.2) is 23.1 Å². The Morgan fingerprint density at radius 2 is 1.96 bits per heavy atom. The lowest BCUT2D eigenvalue weighted by Crippen LogP contribution is -2.41. The molecule has 8 heteroatoms. The molecule has 1 aromatic rings. The fourth-order valence-electron chi connectivity index (χ4n) is 2.01. The highest BCUT2D eigenvalue weighted by atomic mass is 32.2. The van der Waals surface area contributed by atoms with Crippen LogP contribution in [0.1, 0.15) is 38.1 Å². The summed E-state index contributed by atoms with van der Waals surface area (Å²) in [5.41, 5.74) is -0.450. The highest BCUT2D eigenvalue weighted by molar-refractivity contribution is 7.89. The zero-order chi connectivity index (χ0) is 17.8. The SMILES string of the molecule is COC[C@H](C)Nc1ccc(C(=O)O)cc1S(=O)(=O)NC(C)(C)C. The van der Waals surface area contributed by atoms with Crippen LogP contribution in [0.2, 0.25) is 0 Å². The van der Waals surface area contributed by atoms with E-state index < -0.39 is 21.5 Å². The number of hydrogen-bond acceptors (Lipinski definition) is 5. The summed E-state index contributed by atoms with van der Waals surface area (Å²) in [6, 6.07) is 3.82. The van der Waals surface area contributed by atoms with Gasteiger partial charge in [0.2, 0.25) is 10.0 Å². The molecule has 0 spiro atoms. The highest BCUT2D eigenvalue weighted by Gasteiger charge is 2.26. The fourth-order valence-corrected chi connectivity index (χ4v) is 3.63. The van der Waals surface area contributed by atoms with Crippen LogP contribution in [-0.2, 0) is 14.8 Å². The Hall–Kier alpha value is -1.64. The topological polar surface area (TPSA) is 105 Å². The maximum Gasteiger partial charge on any atom is 0.335 e. The lowest BCUT2D eigenvalue weighted by molar-refractivity contribution is 0.0696. The number of methoxy groups -OCH3 is 1. The molecule has 1 atom stereocenters. The van der Waals surface area contributed by atoms with Gasteiger partial charge in [-0.1, -0.05) is 0 Å². The van der Waals surface area contributed by atoms with Gasteiger partial charge in [0.15, 0.2) is 0 Å². The largest absolute Gasteiger partial charge is 0.478 e. The van der Waals surface area contributed by atoms with Crippen molar-refractivity contribution in [3.05, 3.63) is 23.8 Å². The van der Waals surface area contributed by atoms with Gasteiger partial charge in [0.05, 0.1) is 17.9 Å². The molecule has 1 aromatic carbocycles. The molecule has 0 saturated heterocycles. The van der Waals surface area contributed by atoms with Crippen molar-refractivity contribution in [2.75, 3.05) is 19.0 Å². The second-order valence-corrected chi connectivity index (χ2v) is 8.02. The van der Waals surface area contributed by atoms with Gasteiger partial charge in [-0.25, -0.2) is 17.9 Å². The van der Waals surface area contributed by atoms with E-state index in [0.717, 1.165) is 6.07 Å². The summed E-state index contributed by atoms with van der Waals surface area (Å²) in [5, 5.41) is 12.1. The molecule has 23 heavy (non-hydrogen) atoms. The molecule has 0 fully saturated rings. The number of anilines is 1. The van der Waals surface area contributed by atoms with Gasteiger partial charge >= 0.3 is 5.97 Å². The summed E-state index contributed by atoms with van der Waals surface area (Å²) in [4.78, 5) is 11.0. The van der Waals surface area contributed by atoms with E-state index >= 15 is 0 Å². The molecule has 3 N–H and O–H groups in total. The first kappa shape index (κ1) is 19.4. The Morgan fingerprint density at radius 3 is 2.43 bits per heavy atom. The number of ether oxygens (including phenoxy) is 1. The van der Waals surface area contributed by atoms with Crippen molar-refractivity contribution in [3.8, 4) is 0 Å². The number of carboxylic acids is 1. The Morgan fingerprint density at radius 1 is 1.35 bits per heavy atom. The van der Waals surface area contributed by atoms with Gasteiger partial charge in [-0.05, 0) is 45.9 Å². The maximum absolute atomic E-state index is 12.6. The Labute approximate surface area is 137 Å². The molecule has 0 amide bonds. The first-order valence-corrected chi connectivity index (χ1v) is 8.61. The molecule has 0 radical (unpaired) electrons. The molecule has 0 unspecified atom stereocenters. The van der Waals surface area contributed by atoms with Crippen LogP contribution >= 0.6 is 0 Å². The van der Waals surface area contributed by atoms with E-state index in [0.29, 0.717) is 12.3 Å². The maximum atomic E-state index is 12.6. The molecule has 7 nitrogen and oxygen atoms in total. The summed E-state index contributed by atoms with van der Waals surface area (Å²) in [6.45, 7) is 7.36. The minimum absolute atomic E-state index is 0.0933. The minimum Gasteiger partial charge on any atom is -0.478 e. The summed E-state index contributed by atoms with van der Waals surface area (Å²) >= 11 is 0. The lowest BCUT2D eigenvalue weighted by atomic mass is 10.1. The molecule has 0 aliphatic heterocycles. The van der Waals surface area contributed by atoms with Gasteiger partial charge in [0, 0.05) is 18.7 Å². The van der Waals surface area contributed by atoms with Crippen LogP contribution in [0.5, 0.6) is 0 Å². The number of nitrogens with one attached hydrogen (secondary N) is 2. The number of carboxylic acid groups (broad SMARTS) is 1. The number of aromatic carboxylic acids is 1. The minimum atomic E-state index is -3.88. The monoisotopic (exact) mass is 344 g/mol. The van der Waals surface area contributed by atoms with Gasteiger partial charge in [0.25, 0.3) is 0 Å². The first-order valence-electron chi connectivity index (χ1n) is 7.13. The number of carbonyl (C=O) groups is 1. The average Bonchev–Trinajstić information content (AvgIpc) is 2.36. The zero-order valence-electron chi connectivity index (χ0n) is 14.0. The number of rotatable bonds is 7. The van der Waals surface area contributed by atoms with Crippen LogP contribution in [0.4, 0.5) is 5.69 Å². The summed E-state index contributed by atoms with van der Waals surface area (Å²) in [5.74, 6) is -1.19. The summed E-state index contributed by atoms with van der Waals surface area (Å²) < 4.78 is 32.8. The van der Waals surface area contributed by atoms with Crippen LogP contribution in [0, 0.1) is 0 Å². The predicted octanol–water partition coefficient (Wildman–Crippen LogP) is 1.91. The van der Waals surface area contributed by atoms with E-state index in [4.69, 9.17) is 9.84 Å². The lowest BCUT2D eigenvalue weighted by Gasteiger charge is -2.23. The molecular weight excluding hydrogens is 320 g/mol. The predicted molar refractivity (Wildman–Crippen MR) is 88.4 cm³/mol. The van der Waals surface area contributed by atoms with Crippen molar-refractivity contribution in [1.29, 1.82) is 0 Å². The third kappa shape index (κ3) is 5.81.